The molecule has 2 rings (SSSR count). The highest BCUT2D eigenvalue weighted by Gasteiger charge is 2.63. The van der Waals surface area contributed by atoms with Crippen LogP contribution in [0.2, 0.25) is 0 Å². The lowest BCUT2D eigenvalue weighted by Gasteiger charge is -2.31. The molecule has 9 heteroatoms. The SMILES string of the molecule is COC(=O)N1N=C(c2ccc(Br)cc2)C[C@@]1(O)C(F)(F)F. The number of alkyl halides is 3. The molecule has 0 bridgehead atoms. The van der Waals surface area contributed by atoms with Crippen LogP contribution in [0, 0.1) is 0 Å². The molecule has 1 aromatic carbocycles. The van der Waals surface area contributed by atoms with E-state index in [0.717, 1.165) is 11.6 Å². The third-order valence-electron chi connectivity index (χ3n) is 2.96. The molecule has 1 atom stereocenters. The number of rotatable bonds is 1. The van der Waals surface area contributed by atoms with Gasteiger partial charge in [0, 0.05) is 4.47 Å². The highest BCUT2D eigenvalue weighted by Crippen LogP contribution is 2.41. The number of ether oxygens (including phenoxy) is 1. The Hall–Kier alpha value is -1.61. The molecule has 21 heavy (non-hydrogen) atoms. The summed E-state index contributed by atoms with van der Waals surface area (Å²) in [7, 11) is 0.909. The van der Waals surface area contributed by atoms with Crippen molar-refractivity contribution in [2.45, 2.75) is 18.3 Å². The molecule has 0 saturated carbocycles. The Morgan fingerprint density at radius 3 is 2.48 bits per heavy atom. The van der Waals surface area contributed by atoms with Crippen LogP contribution in [0.4, 0.5) is 18.0 Å². The zero-order valence-corrected chi connectivity index (χ0v) is 12.3. The molecule has 0 spiro atoms. The van der Waals surface area contributed by atoms with Crippen molar-refractivity contribution < 1.29 is 27.8 Å². The molecule has 0 unspecified atom stereocenters. The van der Waals surface area contributed by atoms with Gasteiger partial charge in [0.1, 0.15) is 0 Å². The number of halogens is 4. The Morgan fingerprint density at radius 1 is 1.43 bits per heavy atom. The predicted molar refractivity (Wildman–Crippen MR) is 70.5 cm³/mol. The second-order valence-corrected chi connectivity index (χ2v) is 5.24. The minimum absolute atomic E-state index is 0.0623. The summed E-state index contributed by atoms with van der Waals surface area (Å²) >= 11 is 3.20. The quantitative estimate of drug-likeness (QED) is 0.831. The predicted octanol–water partition coefficient (Wildman–Crippen LogP) is 2.88. The average Bonchev–Trinajstić information content (AvgIpc) is 2.78. The maximum Gasteiger partial charge on any atom is 0.439 e. The van der Waals surface area contributed by atoms with E-state index < -0.39 is 24.4 Å². The molecule has 0 saturated heterocycles. The van der Waals surface area contributed by atoms with Gasteiger partial charge in [-0.25, -0.2) is 4.79 Å². The first-order chi connectivity index (χ1) is 9.69. The Labute approximate surface area is 126 Å². The van der Waals surface area contributed by atoms with Crippen LogP contribution in [0.5, 0.6) is 0 Å². The van der Waals surface area contributed by atoms with Crippen molar-refractivity contribution in [2.24, 2.45) is 5.10 Å². The Morgan fingerprint density at radius 2 is 2.00 bits per heavy atom. The molecule has 0 aliphatic carbocycles. The van der Waals surface area contributed by atoms with Gasteiger partial charge in [-0.15, -0.1) is 0 Å². The van der Waals surface area contributed by atoms with Gasteiger partial charge in [0.25, 0.3) is 5.72 Å². The first kappa shape index (κ1) is 15.8. The van der Waals surface area contributed by atoms with Crippen molar-refractivity contribution in [3.05, 3.63) is 34.3 Å². The van der Waals surface area contributed by atoms with Gasteiger partial charge in [-0.2, -0.15) is 23.3 Å². The maximum atomic E-state index is 13.1. The van der Waals surface area contributed by atoms with Crippen molar-refractivity contribution in [3.8, 4) is 0 Å². The van der Waals surface area contributed by atoms with Crippen LogP contribution in [-0.2, 0) is 4.74 Å². The number of hydrogen-bond acceptors (Lipinski definition) is 4. The molecule has 1 N–H and O–H groups in total. The molecule has 0 fully saturated rings. The number of hydrogen-bond donors (Lipinski definition) is 1. The normalized spacial score (nSPS) is 22.2. The molecule has 1 heterocycles. The van der Waals surface area contributed by atoms with E-state index in [1.807, 2.05) is 0 Å². The first-order valence-electron chi connectivity index (χ1n) is 5.70. The standard InChI is InChI=1S/C12H10BrF3N2O3/c1-21-10(19)18-11(20,12(14,15)16)6-9(17-18)7-2-4-8(13)5-3-7/h2-5,20H,6H2,1H3/t11-/m1/s1. The lowest BCUT2D eigenvalue weighted by atomic mass is 10.0. The van der Waals surface area contributed by atoms with Crippen molar-refractivity contribution >= 4 is 27.7 Å². The minimum Gasteiger partial charge on any atom is -0.451 e. The molecule has 1 aromatic rings. The van der Waals surface area contributed by atoms with Crippen LogP contribution in [0.1, 0.15) is 12.0 Å². The fourth-order valence-electron chi connectivity index (χ4n) is 1.85. The fraction of sp³-hybridized carbons (Fsp3) is 0.333. The second-order valence-electron chi connectivity index (χ2n) is 4.33. The zero-order chi connectivity index (χ0) is 15.8. The van der Waals surface area contributed by atoms with E-state index in [1.54, 1.807) is 12.1 Å². The molecule has 1 amide bonds. The van der Waals surface area contributed by atoms with Gasteiger partial charge in [-0.3, -0.25) is 0 Å². The lowest BCUT2D eigenvalue weighted by Crippen LogP contribution is -2.56. The topological polar surface area (TPSA) is 62.1 Å². The van der Waals surface area contributed by atoms with Gasteiger partial charge in [-0.05, 0) is 17.7 Å². The number of aliphatic hydroxyl groups is 1. The molecular formula is C12H10BrF3N2O3. The number of carbonyl (C=O) groups excluding carboxylic acids is 1. The van der Waals surface area contributed by atoms with Gasteiger partial charge in [-0.1, -0.05) is 28.1 Å². The molecule has 114 valence electrons. The van der Waals surface area contributed by atoms with E-state index in [4.69, 9.17) is 0 Å². The summed E-state index contributed by atoms with van der Waals surface area (Å²) in [6.07, 6.45) is -7.32. The summed E-state index contributed by atoms with van der Waals surface area (Å²) in [5.41, 5.74) is -3.11. The maximum absolute atomic E-state index is 13.1. The van der Waals surface area contributed by atoms with Crippen LogP contribution in [-0.4, -0.2) is 40.9 Å². The number of amides is 1. The largest absolute Gasteiger partial charge is 0.451 e. The Balaban J connectivity index is 2.43. The van der Waals surface area contributed by atoms with Crippen molar-refractivity contribution in [2.75, 3.05) is 7.11 Å². The van der Waals surface area contributed by atoms with E-state index in [0.29, 0.717) is 5.56 Å². The smallest absolute Gasteiger partial charge is 0.439 e. The molecule has 5 nitrogen and oxygen atoms in total. The Kier molecular flexibility index (Phi) is 3.98. The number of hydrazone groups is 1. The average molecular weight is 367 g/mol. The monoisotopic (exact) mass is 366 g/mol. The third kappa shape index (κ3) is 2.75. The Bertz CT molecular complexity index is 588. The van der Waals surface area contributed by atoms with Gasteiger partial charge in [0.2, 0.25) is 0 Å². The molecule has 0 aromatic heterocycles. The number of methoxy groups -OCH3 is 1. The number of nitrogens with zero attached hydrogens (tertiary/aromatic N) is 2. The van der Waals surface area contributed by atoms with Crippen LogP contribution in [0.3, 0.4) is 0 Å². The summed E-state index contributed by atoms with van der Waals surface area (Å²) in [6.45, 7) is 0. The van der Waals surface area contributed by atoms with E-state index in [-0.39, 0.29) is 10.7 Å². The van der Waals surface area contributed by atoms with E-state index in [9.17, 15) is 23.1 Å². The van der Waals surface area contributed by atoms with Gasteiger partial charge < -0.3 is 9.84 Å². The van der Waals surface area contributed by atoms with E-state index >= 15 is 0 Å². The number of benzene rings is 1. The summed E-state index contributed by atoms with van der Waals surface area (Å²) in [6, 6.07) is 6.29. The van der Waals surface area contributed by atoms with Gasteiger partial charge >= 0.3 is 12.3 Å². The van der Waals surface area contributed by atoms with Crippen LogP contribution >= 0.6 is 15.9 Å². The van der Waals surface area contributed by atoms with Gasteiger partial charge in [0.15, 0.2) is 0 Å². The van der Waals surface area contributed by atoms with Gasteiger partial charge in [0.05, 0.1) is 19.2 Å². The zero-order valence-electron chi connectivity index (χ0n) is 10.7. The molecule has 1 aliphatic rings. The fourth-order valence-corrected chi connectivity index (χ4v) is 2.11. The minimum atomic E-state index is -5.07. The van der Waals surface area contributed by atoms with Crippen LogP contribution in [0.25, 0.3) is 0 Å². The van der Waals surface area contributed by atoms with Crippen LogP contribution < -0.4 is 0 Å². The van der Waals surface area contributed by atoms with E-state index in [2.05, 4.69) is 25.8 Å². The molecule has 0 radical (unpaired) electrons. The third-order valence-corrected chi connectivity index (χ3v) is 3.49. The van der Waals surface area contributed by atoms with E-state index in [1.165, 1.54) is 12.1 Å². The van der Waals surface area contributed by atoms with Crippen LogP contribution in [0.15, 0.2) is 33.8 Å². The molecular weight excluding hydrogens is 357 g/mol. The van der Waals surface area contributed by atoms with Crippen molar-refractivity contribution in [3.63, 3.8) is 0 Å². The second kappa shape index (κ2) is 5.30. The summed E-state index contributed by atoms with van der Waals surface area (Å²) in [5.74, 6) is 0. The first-order valence-corrected chi connectivity index (χ1v) is 6.49. The summed E-state index contributed by atoms with van der Waals surface area (Å²) in [4.78, 5) is 11.4. The highest BCUT2D eigenvalue weighted by atomic mass is 79.9. The summed E-state index contributed by atoms with van der Waals surface area (Å²) in [5, 5.41) is 13.3. The molecule has 1 aliphatic heterocycles. The summed E-state index contributed by atoms with van der Waals surface area (Å²) < 4.78 is 44.2. The highest BCUT2D eigenvalue weighted by molar-refractivity contribution is 9.10. The van der Waals surface area contributed by atoms with Crippen molar-refractivity contribution in [1.82, 2.24) is 5.01 Å². The number of carbonyl (C=O) groups is 1. The van der Waals surface area contributed by atoms with Crippen molar-refractivity contribution in [1.29, 1.82) is 0 Å². The lowest BCUT2D eigenvalue weighted by molar-refractivity contribution is -0.299.